The summed E-state index contributed by atoms with van der Waals surface area (Å²) in [5.41, 5.74) is 0.850. The van der Waals surface area contributed by atoms with Gasteiger partial charge in [-0.3, -0.25) is 4.79 Å². The van der Waals surface area contributed by atoms with E-state index in [4.69, 9.17) is 9.47 Å². The van der Waals surface area contributed by atoms with E-state index in [2.05, 4.69) is 5.32 Å². The SMILES string of the molecule is COC(CNC(=O)c1cc(C)ccc1F)OC. The van der Waals surface area contributed by atoms with Gasteiger partial charge in [0.2, 0.25) is 0 Å². The predicted octanol–water partition coefficient (Wildman–Crippen LogP) is 1.48. The fraction of sp³-hybridized carbons (Fsp3) is 0.417. The van der Waals surface area contributed by atoms with Gasteiger partial charge in [0.1, 0.15) is 5.82 Å². The lowest BCUT2D eigenvalue weighted by molar-refractivity contribution is -0.0974. The van der Waals surface area contributed by atoms with Crippen LogP contribution >= 0.6 is 0 Å². The number of aryl methyl sites for hydroxylation is 1. The van der Waals surface area contributed by atoms with Gasteiger partial charge in [0.25, 0.3) is 5.91 Å². The number of amides is 1. The van der Waals surface area contributed by atoms with E-state index in [0.717, 1.165) is 5.56 Å². The molecule has 0 bridgehead atoms. The van der Waals surface area contributed by atoms with E-state index in [1.807, 2.05) is 0 Å². The fourth-order valence-corrected chi connectivity index (χ4v) is 1.35. The van der Waals surface area contributed by atoms with Gasteiger partial charge >= 0.3 is 0 Å². The van der Waals surface area contributed by atoms with Crippen molar-refractivity contribution in [2.45, 2.75) is 13.2 Å². The maximum atomic E-state index is 13.4. The smallest absolute Gasteiger partial charge is 0.254 e. The van der Waals surface area contributed by atoms with Crippen molar-refractivity contribution < 1.29 is 18.7 Å². The lowest BCUT2D eigenvalue weighted by atomic mass is 10.1. The molecule has 0 spiro atoms. The number of hydrogen-bond acceptors (Lipinski definition) is 3. The average Bonchev–Trinajstić information content (AvgIpc) is 2.33. The molecule has 1 amide bonds. The lowest BCUT2D eigenvalue weighted by Crippen LogP contribution is -2.34. The minimum absolute atomic E-state index is 0.0240. The van der Waals surface area contributed by atoms with Crippen molar-refractivity contribution in [3.8, 4) is 0 Å². The Morgan fingerprint density at radius 2 is 2.06 bits per heavy atom. The Hall–Kier alpha value is -1.46. The molecule has 1 N–H and O–H groups in total. The first-order chi connectivity index (χ1) is 8.08. The van der Waals surface area contributed by atoms with Gasteiger partial charge < -0.3 is 14.8 Å². The van der Waals surface area contributed by atoms with Crippen LogP contribution in [-0.2, 0) is 9.47 Å². The molecule has 0 radical (unpaired) electrons. The molecule has 1 rings (SSSR count). The molecule has 0 saturated heterocycles. The minimum atomic E-state index is -0.542. The Morgan fingerprint density at radius 1 is 1.41 bits per heavy atom. The molecule has 1 aromatic carbocycles. The molecule has 0 saturated carbocycles. The Balaban J connectivity index is 2.66. The summed E-state index contributed by atoms with van der Waals surface area (Å²) in [6.45, 7) is 1.96. The summed E-state index contributed by atoms with van der Waals surface area (Å²) in [6, 6.07) is 4.38. The molecule has 0 atom stereocenters. The summed E-state index contributed by atoms with van der Waals surface area (Å²) in [4.78, 5) is 11.7. The van der Waals surface area contributed by atoms with Crippen LogP contribution in [0.1, 0.15) is 15.9 Å². The molecule has 5 heteroatoms. The molecule has 0 heterocycles. The van der Waals surface area contributed by atoms with Crippen molar-refractivity contribution >= 4 is 5.91 Å². The Labute approximate surface area is 99.7 Å². The fourth-order valence-electron chi connectivity index (χ4n) is 1.35. The highest BCUT2D eigenvalue weighted by Gasteiger charge is 2.13. The number of methoxy groups -OCH3 is 2. The number of rotatable bonds is 5. The normalized spacial score (nSPS) is 10.6. The van der Waals surface area contributed by atoms with E-state index in [1.54, 1.807) is 13.0 Å². The molecule has 94 valence electrons. The van der Waals surface area contributed by atoms with E-state index < -0.39 is 18.0 Å². The first kappa shape index (κ1) is 13.6. The first-order valence-corrected chi connectivity index (χ1v) is 5.18. The minimum Gasteiger partial charge on any atom is -0.354 e. The Kier molecular flexibility index (Phi) is 5.06. The van der Waals surface area contributed by atoms with E-state index in [0.29, 0.717) is 0 Å². The van der Waals surface area contributed by atoms with Crippen LogP contribution in [-0.4, -0.2) is 33.0 Å². The standard InChI is InChI=1S/C12H16FNO3/c1-8-4-5-10(13)9(6-8)12(15)14-7-11(16-2)17-3/h4-6,11H,7H2,1-3H3,(H,14,15). The van der Waals surface area contributed by atoms with Crippen LogP contribution in [0.3, 0.4) is 0 Å². The van der Waals surface area contributed by atoms with Gasteiger partial charge in [-0.05, 0) is 19.1 Å². The summed E-state index contributed by atoms with van der Waals surface area (Å²) >= 11 is 0. The van der Waals surface area contributed by atoms with Gasteiger partial charge in [-0.15, -0.1) is 0 Å². The number of carbonyl (C=O) groups excluding carboxylic acids is 1. The van der Waals surface area contributed by atoms with Crippen LogP contribution in [0.15, 0.2) is 18.2 Å². The molecule has 1 aromatic rings. The number of hydrogen-bond donors (Lipinski definition) is 1. The zero-order chi connectivity index (χ0) is 12.8. The number of nitrogens with one attached hydrogen (secondary N) is 1. The molecule has 0 aromatic heterocycles. The van der Waals surface area contributed by atoms with Crippen molar-refractivity contribution in [3.05, 3.63) is 35.1 Å². The van der Waals surface area contributed by atoms with E-state index in [-0.39, 0.29) is 12.1 Å². The van der Waals surface area contributed by atoms with E-state index in [9.17, 15) is 9.18 Å². The summed E-state index contributed by atoms with van der Waals surface area (Å²) < 4.78 is 23.2. The third-order valence-corrected chi connectivity index (χ3v) is 2.32. The number of carbonyl (C=O) groups is 1. The van der Waals surface area contributed by atoms with Crippen molar-refractivity contribution in [3.63, 3.8) is 0 Å². The summed E-state index contributed by atoms with van der Waals surface area (Å²) in [7, 11) is 2.93. The van der Waals surface area contributed by atoms with E-state index in [1.165, 1.54) is 26.4 Å². The monoisotopic (exact) mass is 241 g/mol. The molecule has 4 nitrogen and oxygen atoms in total. The third kappa shape index (κ3) is 3.80. The lowest BCUT2D eigenvalue weighted by Gasteiger charge is -2.14. The van der Waals surface area contributed by atoms with Crippen LogP contribution in [0.4, 0.5) is 4.39 Å². The number of ether oxygens (including phenoxy) is 2. The number of halogens is 1. The van der Waals surface area contributed by atoms with Gasteiger partial charge in [0.15, 0.2) is 6.29 Å². The molecule has 17 heavy (non-hydrogen) atoms. The molecular weight excluding hydrogens is 225 g/mol. The van der Waals surface area contributed by atoms with Gasteiger partial charge in [-0.1, -0.05) is 11.6 Å². The Morgan fingerprint density at radius 3 is 2.65 bits per heavy atom. The molecule has 0 unspecified atom stereocenters. The highest BCUT2D eigenvalue weighted by molar-refractivity contribution is 5.94. The Bertz CT molecular complexity index is 391. The topological polar surface area (TPSA) is 47.6 Å². The van der Waals surface area contributed by atoms with Crippen LogP contribution < -0.4 is 5.32 Å². The number of benzene rings is 1. The van der Waals surface area contributed by atoms with E-state index >= 15 is 0 Å². The van der Waals surface area contributed by atoms with Crippen LogP contribution in [0.25, 0.3) is 0 Å². The summed E-state index contributed by atoms with van der Waals surface area (Å²) in [6.07, 6.45) is -0.535. The second-order valence-corrected chi connectivity index (χ2v) is 3.59. The molecule has 0 aliphatic rings. The first-order valence-electron chi connectivity index (χ1n) is 5.18. The van der Waals surface area contributed by atoms with Gasteiger partial charge in [0, 0.05) is 14.2 Å². The second kappa shape index (κ2) is 6.32. The predicted molar refractivity (Wildman–Crippen MR) is 61.3 cm³/mol. The quantitative estimate of drug-likeness (QED) is 0.794. The molecular formula is C12H16FNO3. The highest BCUT2D eigenvalue weighted by atomic mass is 19.1. The summed E-state index contributed by atoms with van der Waals surface area (Å²) in [5, 5.41) is 2.54. The third-order valence-electron chi connectivity index (χ3n) is 2.32. The van der Waals surface area contributed by atoms with Crippen molar-refractivity contribution in [2.75, 3.05) is 20.8 Å². The zero-order valence-electron chi connectivity index (χ0n) is 10.1. The largest absolute Gasteiger partial charge is 0.354 e. The maximum Gasteiger partial charge on any atom is 0.254 e. The second-order valence-electron chi connectivity index (χ2n) is 3.59. The van der Waals surface area contributed by atoms with Crippen molar-refractivity contribution in [1.29, 1.82) is 0 Å². The molecule has 0 aliphatic carbocycles. The van der Waals surface area contributed by atoms with Crippen molar-refractivity contribution in [2.24, 2.45) is 0 Å². The zero-order valence-corrected chi connectivity index (χ0v) is 10.1. The van der Waals surface area contributed by atoms with Crippen LogP contribution in [0.5, 0.6) is 0 Å². The highest BCUT2D eigenvalue weighted by Crippen LogP contribution is 2.09. The van der Waals surface area contributed by atoms with Gasteiger partial charge in [-0.2, -0.15) is 0 Å². The van der Waals surface area contributed by atoms with Gasteiger partial charge in [0.05, 0.1) is 12.1 Å². The molecule has 0 aliphatic heterocycles. The maximum absolute atomic E-state index is 13.4. The molecule has 0 fully saturated rings. The average molecular weight is 241 g/mol. The van der Waals surface area contributed by atoms with Crippen molar-refractivity contribution in [1.82, 2.24) is 5.32 Å². The van der Waals surface area contributed by atoms with Gasteiger partial charge in [-0.25, -0.2) is 4.39 Å². The summed E-state index contributed by atoms with van der Waals surface area (Å²) in [5.74, 6) is -1.02. The van der Waals surface area contributed by atoms with Crippen LogP contribution in [0, 0.1) is 12.7 Å². The van der Waals surface area contributed by atoms with Crippen LogP contribution in [0.2, 0.25) is 0 Å².